The van der Waals surface area contributed by atoms with Crippen molar-refractivity contribution in [2.45, 2.75) is 75.9 Å². The molecule has 5 aliphatic rings. The minimum absolute atomic E-state index is 0.0448. The lowest BCUT2D eigenvalue weighted by molar-refractivity contribution is -0.136. The van der Waals surface area contributed by atoms with Gasteiger partial charge in [0.2, 0.25) is 17.7 Å². The van der Waals surface area contributed by atoms with Crippen LogP contribution in [0, 0.1) is 11.8 Å². The van der Waals surface area contributed by atoms with Crippen molar-refractivity contribution in [2.75, 3.05) is 51.2 Å². The topological polar surface area (TPSA) is 201 Å². The maximum atomic E-state index is 13.2. The Hall–Kier alpha value is -6.23. The van der Waals surface area contributed by atoms with Gasteiger partial charge in [-0.1, -0.05) is 30.3 Å². The number of hydrogen-bond donors (Lipinski definition) is 3. The van der Waals surface area contributed by atoms with Crippen molar-refractivity contribution >= 4 is 52.4 Å². The molecule has 61 heavy (non-hydrogen) atoms. The number of imide groups is 2. The van der Waals surface area contributed by atoms with Gasteiger partial charge >= 0.3 is 0 Å². The van der Waals surface area contributed by atoms with Crippen LogP contribution in [0.4, 0.5) is 5.82 Å². The van der Waals surface area contributed by atoms with E-state index in [1.165, 1.54) is 12.1 Å². The van der Waals surface area contributed by atoms with Gasteiger partial charge in [-0.2, -0.15) is 0 Å². The van der Waals surface area contributed by atoms with E-state index in [-0.39, 0.29) is 60.2 Å². The maximum Gasteiger partial charge on any atom is 0.262 e. The molecule has 3 saturated heterocycles. The fourth-order valence-corrected chi connectivity index (χ4v) is 9.36. The average molecular weight is 831 g/mol. The zero-order valence-electron chi connectivity index (χ0n) is 34.0. The molecule has 1 atom stereocenters. The van der Waals surface area contributed by atoms with Gasteiger partial charge in [-0.05, 0) is 93.6 Å². The molecule has 1 unspecified atom stereocenters. The Kier molecular flexibility index (Phi) is 11.5. The van der Waals surface area contributed by atoms with E-state index < -0.39 is 29.7 Å². The predicted molar refractivity (Wildman–Crippen MR) is 221 cm³/mol. The zero-order valence-corrected chi connectivity index (χ0v) is 34.0. The summed E-state index contributed by atoms with van der Waals surface area (Å²) < 4.78 is 7.90. The van der Waals surface area contributed by atoms with E-state index in [0.29, 0.717) is 31.3 Å². The molecule has 4 aliphatic heterocycles. The molecule has 17 heteroatoms. The molecule has 4 aromatic rings. The molecule has 1 saturated carbocycles. The van der Waals surface area contributed by atoms with Crippen LogP contribution in [0.2, 0.25) is 0 Å². The summed E-state index contributed by atoms with van der Waals surface area (Å²) in [6.45, 7) is 5.00. The Morgan fingerprint density at radius 1 is 0.836 bits per heavy atom. The minimum Gasteiger partial charge on any atom is -0.484 e. The standard InChI is InChI=1S/C44H50N10O7/c55-36-9-8-35(42(58)50-36)54-43(59)33-7-6-32(21-34(33)44(54)60)61-24-38(57)52-16-12-29(13-17-52)23-51-14-10-28(11-15-51)22-45-40-39-41(47-25-46-40)53(26-48-39)31-19-30(20-31)49-37(56)18-27-4-2-1-3-5-27/h1-7,21,25-26,28-31,35H,8-20,22-24H2,(H,49,56)(H,45,46,47)(H,50,55,58). The molecule has 4 fully saturated rings. The molecule has 6 amide bonds. The summed E-state index contributed by atoms with van der Waals surface area (Å²) in [5.41, 5.74) is 2.86. The van der Waals surface area contributed by atoms with E-state index >= 15 is 0 Å². The number of fused-ring (bicyclic) bond motifs is 2. The van der Waals surface area contributed by atoms with Gasteiger partial charge in [-0.3, -0.25) is 39.0 Å². The largest absolute Gasteiger partial charge is 0.484 e. The highest BCUT2D eigenvalue weighted by Gasteiger charge is 2.45. The molecule has 2 aromatic heterocycles. The number of hydrogen-bond acceptors (Lipinski definition) is 12. The first-order chi connectivity index (χ1) is 29.7. The van der Waals surface area contributed by atoms with Crippen LogP contribution in [0.3, 0.4) is 0 Å². The van der Waals surface area contributed by atoms with Crippen molar-refractivity contribution in [1.82, 2.24) is 44.9 Å². The first kappa shape index (κ1) is 40.2. The molecular weight excluding hydrogens is 781 g/mol. The molecule has 6 heterocycles. The van der Waals surface area contributed by atoms with Crippen molar-refractivity contribution < 1.29 is 33.5 Å². The third kappa shape index (κ3) is 8.69. The van der Waals surface area contributed by atoms with Crippen LogP contribution in [-0.2, 0) is 25.6 Å². The summed E-state index contributed by atoms with van der Waals surface area (Å²) in [5, 5.41) is 8.92. The van der Waals surface area contributed by atoms with Crippen LogP contribution in [0.25, 0.3) is 11.2 Å². The Morgan fingerprint density at radius 2 is 1.59 bits per heavy atom. The van der Waals surface area contributed by atoms with Gasteiger partial charge < -0.3 is 29.7 Å². The average Bonchev–Trinajstić information content (AvgIpc) is 3.79. The monoisotopic (exact) mass is 830 g/mol. The van der Waals surface area contributed by atoms with Gasteiger partial charge in [-0.15, -0.1) is 0 Å². The number of nitrogens with zero attached hydrogens (tertiary/aromatic N) is 7. The fraction of sp³-hybridized carbons (Fsp3) is 0.477. The molecule has 9 rings (SSSR count). The number of carbonyl (C=O) groups excluding carboxylic acids is 6. The number of nitrogens with one attached hydrogen (secondary N) is 3. The van der Waals surface area contributed by atoms with Crippen LogP contribution in [-0.4, -0.2) is 128 Å². The van der Waals surface area contributed by atoms with Gasteiger partial charge in [0.15, 0.2) is 18.1 Å². The number of ether oxygens (including phenoxy) is 1. The number of benzene rings is 2. The second kappa shape index (κ2) is 17.4. The highest BCUT2D eigenvalue weighted by atomic mass is 16.5. The number of amides is 6. The van der Waals surface area contributed by atoms with Gasteiger partial charge in [-0.25, -0.2) is 15.0 Å². The van der Waals surface area contributed by atoms with Crippen LogP contribution < -0.4 is 20.7 Å². The molecule has 0 radical (unpaired) electrons. The molecule has 3 N–H and O–H groups in total. The summed E-state index contributed by atoms with van der Waals surface area (Å²) >= 11 is 0. The third-order valence-corrected chi connectivity index (χ3v) is 13.0. The fourth-order valence-electron chi connectivity index (χ4n) is 9.36. The number of aromatic nitrogens is 4. The van der Waals surface area contributed by atoms with E-state index in [1.54, 1.807) is 12.4 Å². The van der Waals surface area contributed by atoms with Crippen LogP contribution in [0.5, 0.6) is 5.75 Å². The Morgan fingerprint density at radius 3 is 2.36 bits per heavy atom. The molecular formula is C44H50N10O7. The highest BCUT2D eigenvalue weighted by Crippen LogP contribution is 2.35. The van der Waals surface area contributed by atoms with Crippen LogP contribution in [0.1, 0.15) is 83.7 Å². The normalized spacial score (nSPS) is 22.5. The number of imidazole rings is 1. The first-order valence-corrected chi connectivity index (χ1v) is 21.4. The lowest BCUT2D eigenvalue weighted by Gasteiger charge is -2.37. The second-order valence-corrected chi connectivity index (χ2v) is 17.0. The maximum absolute atomic E-state index is 13.2. The zero-order chi connectivity index (χ0) is 42.0. The van der Waals surface area contributed by atoms with Crippen LogP contribution in [0.15, 0.2) is 61.2 Å². The summed E-state index contributed by atoms with van der Waals surface area (Å²) in [7, 11) is 0. The number of piperidine rings is 3. The van der Waals surface area contributed by atoms with Gasteiger partial charge in [0.25, 0.3) is 17.7 Å². The van der Waals surface area contributed by atoms with Crippen molar-refractivity contribution in [3.8, 4) is 5.75 Å². The molecule has 318 valence electrons. The van der Waals surface area contributed by atoms with Gasteiger partial charge in [0, 0.05) is 44.7 Å². The Balaban J connectivity index is 0.675. The van der Waals surface area contributed by atoms with E-state index in [0.717, 1.165) is 92.1 Å². The highest BCUT2D eigenvalue weighted by molar-refractivity contribution is 6.23. The number of anilines is 1. The SMILES string of the molecule is O=C1CCC(N2C(=O)c3ccc(OCC(=O)N4CCC(CN5CCC(CNc6ncnc7c6ncn7C6CC(NC(=O)Cc7ccccc7)C6)CC5)CC4)cc3C2=O)C(=O)N1. The quantitative estimate of drug-likeness (QED) is 0.167. The summed E-state index contributed by atoms with van der Waals surface area (Å²) in [5.74, 6) is -0.333. The predicted octanol–water partition coefficient (Wildman–Crippen LogP) is 2.73. The lowest BCUT2D eigenvalue weighted by Crippen LogP contribution is -2.54. The summed E-state index contributed by atoms with van der Waals surface area (Å²) in [6.07, 6.45) is 9.63. The molecule has 0 spiro atoms. The smallest absolute Gasteiger partial charge is 0.262 e. The summed E-state index contributed by atoms with van der Waals surface area (Å²) in [4.78, 5) is 94.8. The summed E-state index contributed by atoms with van der Waals surface area (Å²) in [6, 6.07) is 13.6. The molecule has 17 nitrogen and oxygen atoms in total. The first-order valence-electron chi connectivity index (χ1n) is 21.4. The molecule has 1 aliphatic carbocycles. The van der Waals surface area contributed by atoms with Crippen molar-refractivity contribution in [2.24, 2.45) is 11.8 Å². The number of likely N-dealkylation sites (tertiary alicyclic amines) is 2. The van der Waals surface area contributed by atoms with Crippen molar-refractivity contribution in [3.05, 3.63) is 77.9 Å². The van der Waals surface area contributed by atoms with Crippen molar-refractivity contribution in [1.29, 1.82) is 0 Å². The Labute approximate surface area is 352 Å². The van der Waals surface area contributed by atoms with Gasteiger partial charge in [0.1, 0.15) is 23.6 Å². The molecule has 0 bridgehead atoms. The Bertz CT molecular complexity index is 2330. The van der Waals surface area contributed by atoms with E-state index in [2.05, 4.69) is 40.4 Å². The minimum atomic E-state index is -1.05. The van der Waals surface area contributed by atoms with Crippen molar-refractivity contribution in [3.63, 3.8) is 0 Å². The van der Waals surface area contributed by atoms with E-state index in [1.807, 2.05) is 41.6 Å². The lowest BCUT2D eigenvalue weighted by atomic mass is 9.86. The number of rotatable bonds is 13. The van der Waals surface area contributed by atoms with Gasteiger partial charge in [0.05, 0.1) is 23.9 Å². The number of carbonyl (C=O) groups is 6. The van der Waals surface area contributed by atoms with Crippen LogP contribution >= 0.6 is 0 Å². The van der Waals surface area contributed by atoms with E-state index in [9.17, 15) is 28.8 Å². The molecule has 2 aromatic carbocycles. The third-order valence-electron chi connectivity index (χ3n) is 13.0. The van der Waals surface area contributed by atoms with E-state index in [4.69, 9.17) is 4.74 Å². The second-order valence-electron chi connectivity index (χ2n) is 17.0.